The van der Waals surface area contributed by atoms with Crippen LogP contribution in [0.5, 0.6) is 5.75 Å². The van der Waals surface area contributed by atoms with Crippen molar-refractivity contribution < 1.29 is 18.7 Å². The summed E-state index contributed by atoms with van der Waals surface area (Å²) in [7, 11) is 2.88. The monoisotopic (exact) mass is 280 g/mol. The van der Waals surface area contributed by atoms with Crippen molar-refractivity contribution in [3.63, 3.8) is 0 Å². The molecule has 1 atom stereocenters. The van der Waals surface area contributed by atoms with Gasteiger partial charge in [0, 0.05) is 20.0 Å². The minimum atomic E-state index is -0.436. The fourth-order valence-corrected chi connectivity index (χ4v) is 2.17. The third-order valence-electron chi connectivity index (χ3n) is 3.42. The maximum Gasteiger partial charge on any atom is 0.246 e. The van der Waals surface area contributed by atoms with E-state index in [0.717, 1.165) is 10.5 Å². The molecule has 0 radical (unpaired) electrons. The van der Waals surface area contributed by atoms with Crippen LogP contribution in [0.15, 0.2) is 18.2 Å². The molecule has 0 aliphatic carbocycles. The number of nitrogens with one attached hydrogen (secondary N) is 1. The quantitative estimate of drug-likeness (QED) is 0.838. The normalized spacial score (nSPS) is 19.4. The number of carbonyl (C=O) groups is 2. The van der Waals surface area contributed by atoms with E-state index in [1.807, 2.05) is 0 Å². The first-order valence-electron chi connectivity index (χ1n) is 6.39. The van der Waals surface area contributed by atoms with Gasteiger partial charge in [-0.1, -0.05) is 6.07 Å². The van der Waals surface area contributed by atoms with Gasteiger partial charge in [0.05, 0.1) is 13.2 Å². The molecule has 1 aromatic carbocycles. The molecule has 1 aliphatic heterocycles. The fourth-order valence-electron chi connectivity index (χ4n) is 2.17. The van der Waals surface area contributed by atoms with Gasteiger partial charge in [-0.3, -0.25) is 14.5 Å². The molecule has 1 N–H and O–H groups in total. The summed E-state index contributed by atoms with van der Waals surface area (Å²) < 4.78 is 18.4. The van der Waals surface area contributed by atoms with E-state index < -0.39 is 11.9 Å². The van der Waals surface area contributed by atoms with Crippen molar-refractivity contribution in [2.24, 2.45) is 0 Å². The Balaban J connectivity index is 1.97. The first-order chi connectivity index (χ1) is 9.52. The van der Waals surface area contributed by atoms with Crippen molar-refractivity contribution in [1.82, 2.24) is 10.2 Å². The lowest BCUT2D eigenvalue weighted by atomic mass is 10.0. The van der Waals surface area contributed by atoms with Crippen LogP contribution in [0.3, 0.4) is 0 Å². The van der Waals surface area contributed by atoms with E-state index in [9.17, 15) is 14.0 Å². The SMILES string of the molecule is COc1ccc(CNC2CCC(=O)N(C)C2=O)cc1F. The Hall–Kier alpha value is -1.95. The van der Waals surface area contributed by atoms with Gasteiger partial charge < -0.3 is 10.1 Å². The fraction of sp³-hybridized carbons (Fsp3) is 0.429. The summed E-state index contributed by atoms with van der Waals surface area (Å²) in [6.07, 6.45) is 0.817. The number of rotatable bonds is 4. The number of likely N-dealkylation sites (tertiary alicyclic amines) is 1. The van der Waals surface area contributed by atoms with Crippen molar-refractivity contribution in [1.29, 1.82) is 0 Å². The lowest BCUT2D eigenvalue weighted by Crippen LogP contribution is -2.51. The predicted octanol–water partition coefficient (Wildman–Crippen LogP) is 1.07. The number of halogens is 1. The van der Waals surface area contributed by atoms with Crippen LogP contribution in [0.2, 0.25) is 0 Å². The third-order valence-corrected chi connectivity index (χ3v) is 3.42. The molecule has 0 aromatic heterocycles. The summed E-state index contributed by atoms with van der Waals surface area (Å²) >= 11 is 0. The Morgan fingerprint density at radius 1 is 1.45 bits per heavy atom. The number of benzene rings is 1. The Kier molecular flexibility index (Phi) is 4.34. The maximum atomic E-state index is 13.5. The van der Waals surface area contributed by atoms with Gasteiger partial charge in [-0.15, -0.1) is 0 Å². The summed E-state index contributed by atoms with van der Waals surface area (Å²) in [6.45, 7) is 0.360. The lowest BCUT2D eigenvalue weighted by Gasteiger charge is -2.28. The first-order valence-corrected chi connectivity index (χ1v) is 6.39. The zero-order chi connectivity index (χ0) is 14.7. The summed E-state index contributed by atoms with van der Waals surface area (Å²) in [5, 5.41) is 3.05. The smallest absolute Gasteiger partial charge is 0.246 e. The molecule has 1 aromatic rings. The second-order valence-electron chi connectivity index (χ2n) is 4.73. The number of hydrogen-bond donors (Lipinski definition) is 1. The van der Waals surface area contributed by atoms with Gasteiger partial charge >= 0.3 is 0 Å². The second-order valence-corrected chi connectivity index (χ2v) is 4.73. The van der Waals surface area contributed by atoms with E-state index in [4.69, 9.17) is 4.74 Å². The minimum absolute atomic E-state index is 0.163. The molecule has 1 aliphatic rings. The molecule has 1 saturated heterocycles. The molecular formula is C14H17FN2O3. The maximum absolute atomic E-state index is 13.5. The average Bonchev–Trinajstić information content (AvgIpc) is 2.44. The summed E-state index contributed by atoms with van der Waals surface area (Å²) in [6, 6.07) is 4.25. The van der Waals surface area contributed by atoms with Gasteiger partial charge in [0.1, 0.15) is 0 Å². The van der Waals surface area contributed by atoms with Crippen molar-refractivity contribution >= 4 is 11.8 Å². The third kappa shape index (κ3) is 2.96. The zero-order valence-corrected chi connectivity index (χ0v) is 11.5. The van der Waals surface area contributed by atoms with Crippen LogP contribution >= 0.6 is 0 Å². The van der Waals surface area contributed by atoms with E-state index in [2.05, 4.69) is 5.32 Å². The van der Waals surface area contributed by atoms with Crippen molar-refractivity contribution in [3.05, 3.63) is 29.6 Å². The number of likely N-dealkylation sites (N-methyl/N-ethyl adjacent to an activating group) is 1. The predicted molar refractivity (Wildman–Crippen MR) is 70.6 cm³/mol. The van der Waals surface area contributed by atoms with Crippen LogP contribution in [0, 0.1) is 5.82 Å². The molecule has 20 heavy (non-hydrogen) atoms. The van der Waals surface area contributed by atoms with Gasteiger partial charge in [-0.2, -0.15) is 0 Å². The average molecular weight is 280 g/mol. The molecule has 0 saturated carbocycles. The van der Waals surface area contributed by atoms with Crippen LogP contribution in [0.25, 0.3) is 0 Å². The summed E-state index contributed by atoms with van der Waals surface area (Å²) in [4.78, 5) is 24.4. The van der Waals surface area contributed by atoms with Crippen LogP contribution in [0.1, 0.15) is 18.4 Å². The Bertz CT molecular complexity index is 533. The van der Waals surface area contributed by atoms with Gasteiger partial charge in [-0.05, 0) is 24.1 Å². The molecule has 5 nitrogen and oxygen atoms in total. The number of ether oxygens (including phenoxy) is 1. The van der Waals surface area contributed by atoms with Gasteiger partial charge in [0.25, 0.3) is 0 Å². The number of piperidine rings is 1. The first kappa shape index (κ1) is 14.5. The highest BCUT2D eigenvalue weighted by atomic mass is 19.1. The van der Waals surface area contributed by atoms with Crippen LogP contribution < -0.4 is 10.1 Å². The molecule has 2 rings (SSSR count). The van der Waals surface area contributed by atoms with Gasteiger partial charge in [0.15, 0.2) is 11.6 Å². The number of methoxy groups -OCH3 is 1. The summed E-state index contributed by atoms with van der Waals surface area (Å²) in [5.74, 6) is -0.652. The molecule has 1 unspecified atom stereocenters. The molecular weight excluding hydrogens is 263 g/mol. The van der Waals surface area contributed by atoms with E-state index in [-0.39, 0.29) is 17.6 Å². The number of hydrogen-bond acceptors (Lipinski definition) is 4. The minimum Gasteiger partial charge on any atom is -0.494 e. The highest BCUT2D eigenvalue weighted by Gasteiger charge is 2.31. The van der Waals surface area contributed by atoms with Gasteiger partial charge in [-0.25, -0.2) is 4.39 Å². The highest BCUT2D eigenvalue weighted by Crippen LogP contribution is 2.18. The number of nitrogens with zero attached hydrogens (tertiary/aromatic N) is 1. The topological polar surface area (TPSA) is 58.6 Å². The Morgan fingerprint density at radius 2 is 2.20 bits per heavy atom. The molecule has 2 amide bonds. The molecule has 0 bridgehead atoms. The molecule has 1 fully saturated rings. The van der Waals surface area contributed by atoms with E-state index in [0.29, 0.717) is 19.4 Å². The molecule has 0 spiro atoms. The van der Waals surface area contributed by atoms with E-state index >= 15 is 0 Å². The van der Waals surface area contributed by atoms with Crippen LogP contribution in [0.4, 0.5) is 4.39 Å². The van der Waals surface area contributed by atoms with Gasteiger partial charge in [0.2, 0.25) is 11.8 Å². The Labute approximate surface area is 116 Å². The second kappa shape index (κ2) is 6.00. The molecule has 1 heterocycles. The van der Waals surface area contributed by atoms with Crippen LogP contribution in [-0.4, -0.2) is 36.9 Å². The number of amides is 2. The van der Waals surface area contributed by atoms with Crippen molar-refractivity contribution in [2.45, 2.75) is 25.4 Å². The highest BCUT2D eigenvalue weighted by molar-refractivity contribution is 6.00. The van der Waals surface area contributed by atoms with Crippen molar-refractivity contribution in [2.75, 3.05) is 14.2 Å². The van der Waals surface area contributed by atoms with E-state index in [1.165, 1.54) is 20.2 Å². The largest absolute Gasteiger partial charge is 0.494 e. The molecule has 108 valence electrons. The standard InChI is InChI=1S/C14H17FN2O3/c1-17-13(18)6-4-11(14(17)19)16-8-9-3-5-12(20-2)10(15)7-9/h3,5,7,11,16H,4,6,8H2,1-2H3. The van der Waals surface area contributed by atoms with Crippen LogP contribution in [-0.2, 0) is 16.1 Å². The van der Waals surface area contributed by atoms with Crippen molar-refractivity contribution in [3.8, 4) is 5.75 Å². The van der Waals surface area contributed by atoms with E-state index in [1.54, 1.807) is 12.1 Å². The zero-order valence-electron chi connectivity index (χ0n) is 11.5. The summed E-state index contributed by atoms with van der Waals surface area (Å²) in [5.41, 5.74) is 0.718. The molecule has 6 heteroatoms. The lowest BCUT2D eigenvalue weighted by molar-refractivity contribution is -0.148. The number of carbonyl (C=O) groups excluding carboxylic acids is 2. The number of imide groups is 1. The Morgan fingerprint density at radius 3 is 2.85 bits per heavy atom.